The van der Waals surface area contributed by atoms with E-state index < -0.39 is 11.3 Å². The van der Waals surface area contributed by atoms with E-state index in [1.165, 1.54) is 18.8 Å². The molecule has 0 spiro atoms. The highest BCUT2D eigenvalue weighted by Gasteiger charge is 2.21. The van der Waals surface area contributed by atoms with E-state index in [0.717, 1.165) is 22.5 Å². The molecular formula is C20H22N4O3S. The number of aromatic nitrogens is 2. The van der Waals surface area contributed by atoms with Gasteiger partial charge in [-0.3, -0.25) is 14.7 Å². The largest absolute Gasteiger partial charge is 0.494 e. The standard InChI is InChI=1S/C20H22N4O3S/c1-4-27-15-11-9-14(10-12-15)24-17-8-6-5-7-16(17)22-20(24)28-13(2)18(25)23-19(26)21-3/h5-13H,4H2,1-3H3,(H2,21,23,25,26)/t13-/m1/s1. The quantitative estimate of drug-likeness (QED) is 0.622. The number of amides is 3. The number of hydrogen-bond donors (Lipinski definition) is 2. The number of ether oxygens (including phenoxy) is 1. The number of urea groups is 1. The molecule has 3 amide bonds. The molecule has 146 valence electrons. The van der Waals surface area contributed by atoms with E-state index in [9.17, 15) is 9.59 Å². The van der Waals surface area contributed by atoms with Crippen LogP contribution < -0.4 is 15.4 Å². The van der Waals surface area contributed by atoms with Crippen LogP contribution in [0, 0.1) is 0 Å². The van der Waals surface area contributed by atoms with Gasteiger partial charge in [-0.05, 0) is 50.2 Å². The summed E-state index contributed by atoms with van der Waals surface area (Å²) in [7, 11) is 1.46. The third kappa shape index (κ3) is 4.28. The molecule has 28 heavy (non-hydrogen) atoms. The number of rotatable bonds is 6. The number of imide groups is 1. The van der Waals surface area contributed by atoms with Gasteiger partial charge in [-0.1, -0.05) is 23.9 Å². The molecular weight excluding hydrogens is 376 g/mol. The van der Waals surface area contributed by atoms with E-state index in [1.54, 1.807) is 6.92 Å². The van der Waals surface area contributed by atoms with Crippen LogP contribution >= 0.6 is 11.8 Å². The Bertz CT molecular complexity index is 985. The molecule has 1 aromatic heterocycles. The summed E-state index contributed by atoms with van der Waals surface area (Å²) in [6.07, 6.45) is 0. The Kier molecular flexibility index (Phi) is 6.20. The molecule has 0 aliphatic heterocycles. The van der Waals surface area contributed by atoms with Gasteiger partial charge in [0, 0.05) is 12.7 Å². The monoisotopic (exact) mass is 398 g/mol. The topological polar surface area (TPSA) is 85.2 Å². The van der Waals surface area contributed by atoms with Crippen LogP contribution in [-0.4, -0.2) is 40.4 Å². The van der Waals surface area contributed by atoms with Crippen LogP contribution in [0.3, 0.4) is 0 Å². The zero-order chi connectivity index (χ0) is 20.1. The highest BCUT2D eigenvalue weighted by molar-refractivity contribution is 8.00. The summed E-state index contributed by atoms with van der Waals surface area (Å²) in [5.41, 5.74) is 2.68. The van der Waals surface area contributed by atoms with Gasteiger partial charge in [0.05, 0.1) is 22.9 Å². The van der Waals surface area contributed by atoms with Gasteiger partial charge in [0.15, 0.2) is 5.16 Å². The number of nitrogens with one attached hydrogen (secondary N) is 2. The maximum Gasteiger partial charge on any atom is 0.321 e. The van der Waals surface area contributed by atoms with Crippen LogP contribution in [-0.2, 0) is 4.79 Å². The number of nitrogens with zero attached hydrogens (tertiary/aromatic N) is 2. The SMILES string of the molecule is CCOc1ccc(-n2c(S[C@H](C)C(=O)NC(=O)NC)nc3ccccc32)cc1. The first kappa shape index (κ1) is 19.8. The van der Waals surface area contributed by atoms with Crippen molar-refractivity contribution in [2.75, 3.05) is 13.7 Å². The molecule has 2 N–H and O–H groups in total. The molecule has 1 atom stereocenters. The lowest BCUT2D eigenvalue weighted by atomic mass is 10.2. The first-order chi connectivity index (χ1) is 13.5. The normalized spacial score (nSPS) is 11.8. The Morgan fingerprint density at radius 1 is 1.18 bits per heavy atom. The van der Waals surface area contributed by atoms with E-state index in [-0.39, 0.29) is 5.91 Å². The summed E-state index contributed by atoms with van der Waals surface area (Å²) < 4.78 is 7.52. The van der Waals surface area contributed by atoms with Gasteiger partial charge in [-0.2, -0.15) is 0 Å². The van der Waals surface area contributed by atoms with Crippen LogP contribution in [0.4, 0.5) is 4.79 Å². The number of para-hydroxylation sites is 2. The van der Waals surface area contributed by atoms with Crippen LogP contribution in [0.1, 0.15) is 13.8 Å². The van der Waals surface area contributed by atoms with Crippen molar-refractivity contribution in [1.82, 2.24) is 20.2 Å². The lowest BCUT2D eigenvalue weighted by molar-refractivity contribution is -0.119. The lowest BCUT2D eigenvalue weighted by Crippen LogP contribution is -2.41. The number of thioether (sulfide) groups is 1. The minimum atomic E-state index is -0.530. The summed E-state index contributed by atoms with van der Waals surface area (Å²) >= 11 is 1.29. The van der Waals surface area contributed by atoms with Crippen LogP contribution in [0.15, 0.2) is 53.7 Å². The molecule has 0 unspecified atom stereocenters. The van der Waals surface area contributed by atoms with Gasteiger partial charge in [0.25, 0.3) is 0 Å². The van der Waals surface area contributed by atoms with Crippen molar-refractivity contribution in [1.29, 1.82) is 0 Å². The minimum Gasteiger partial charge on any atom is -0.494 e. The van der Waals surface area contributed by atoms with Gasteiger partial charge >= 0.3 is 6.03 Å². The molecule has 0 fully saturated rings. The van der Waals surface area contributed by atoms with Gasteiger partial charge in [0.1, 0.15) is 5.75 Å². The third-order valence-electron chi connectivity index (χ3n) is 4.05. The van der Waals surface area contributed by atoms with E-state index in [4.69, 9.17) is 4.74 Å². The summed E-state index contributed by atoms with van der Waals surface area (Å²) in [6, 6.07) is 15.0. The zero-order valence-electron chi connectivity index (χ0n) is 15.9. The van der Waals surface area contributed by atoms with E-state index in [1.807, 2.05) is 60.0 Å². The second kappa shape index (κ2) is 8.79. The fraction of sp³-hybridized carbons (Fsp3) is 0.250. The second-order valence-corrected chi connectivity index (χ2v) is 7.28. The predicted octanol–water partition coefficient (Wildman–Crippen LogP) is 3.36. The first-order valence-corrected chi connectivity index (χ1v) is 9.81. The molecule has 3 rings (SSSR count). The molecule has 0 bridgehead atoms. The summed E-state index contributed by atoms with van der Waals surface area (Å²) in [5, 5.41) is 4.84. The molecule has 0 radical (unpaired) electrons. The number of imidazole rings is 1. The molecule has 1 heterocycles. The number of benzene rings is 2. The van der Waals surface area contributed by atoms with Gasteiger partial charge in [-0.25, -0.2) is 9.78 Å². The van der Waals surface area contributed by atoms with Crippen LogP contribution in [0.5, 0.6) is 5.75 Å². The van der Waals surface area contributed by atoms with Crippen molar-refractivity contribution < 1.29 is 14.3 Å². The molecule has 2 aromatic carbocycles. The molecule has 0 saturated carbocycles. The number of carbonyl (C=O) groups is 2. The molecule has 0 saturated heterocycles. The Hall–Kier alpha value is -3.00. The Morgan fingerprint density at radius 2 is 1.89 bits per heavy atom. The van der Waals surface area contributed by atoms with Crippen molar-refractivity contribution >= 4 is 34.7 Å². The summed E-state index contributed by atoms with van der Waals surface area (Å²) in [4.78, 5) is 28.3. The smallest absolute Gasteiger partial charge is 0.321 e. The summed E-state index contributed by atoms with van der Waals surface area (Å²) in [5.74, 6) is 0.415. The minimum absolute atomic E-state index is 0.380. The Balaban J connectivity index is 1.95. The fourth-order valence-corrected chi connectivity index (χ4v) is 3.62. The van der Waals surface area contributed by atoms with E-state index >= 15 is 0 Å². The van der Waals surface area contributed by atoms with Crippen molar-refractivity contribution in [3.63, 3.8) is 0 Å². The van der Waals surface area contributed by atoms with Gasteiger partial charge in [-0.15, -0.1) is 0 Å². The van der Waals surface area contributed by atoms with Gasteiger partial charge < -0.3 is 10.1 Å². The second-order valence-electron chi connectivity index (χ2n) is 5.97. The lowest BCUT2D eigenvalue weighted by Gasteiger charge is -2.13. The first-order valence-electron chi connectivity index (χ1n) is 8.93. The molecule has 0 aliphatic carbocycles. The van der Waals surface area contributed by atoms with Crippen molar-refractivity contribution in [2.45, 2.75) is 24.3 Å². The molecule has 3 aromatic rings. The third-order valence-corrected chi connectivity index (χ3v) is 5.10. The average molecular weight is 398 g/mol. The van der Waals surface area contributed by atoms with Crippen molar-refractivity contribution in [3.8, 4) is 11.4 Å². The molecule has 8 heteroatoms. The number of fused-ring (bicyclic) bond motifs is 1. The maximum absolute atomic E-state index is 12.2. The van der Waals surface area contributed by atoms with Crippen LogP contribution in [0.2, 0.25) is 0 Å². The van der Waals surface area contributed by atoms with E-state index in [2.05, 4.69) is 15.6 Å². The highest BCUT2D eigenvalue weighted by Crippen LogP contribution is 2.31. The Morgan fingerprint density at radius 3 is 2.57 bits per heavy atom. The van der Waals surface area contributed by atoms with Crippen LogP contribution in [0.25, 0.3) is 16.7 Å². The summed E-state index contributed by atoms with van der Waals surface area (Å²) in [6.45, 7) is 4.29. The van der Waals surface area contributed by atoms with Crippen molar-refractivity contribution in [3.05, 3.63) is 48.5 Å². The zero-order valence-corrected chi connectivity index (χ0v) is 16.7. The average Bonchev–Trinajstić information content (AvgIpc) is 3.06. The highest BCUT2D eigenvalue weighted by atomic mass is 32.2. The van der Waals surface area contributed by atoms with Crippen molar-refractivity contribution in [2.24, 2.45) is 0 Å². The molecule has 0 aliphatic rings. The fourth-order valence-electron chi connectivity index (χ4n) is 2.68. The number of carbonyl (C=O) groups excluding carboxylic acids is 2. The van der Waals surface area contributed by atoms with E-state index in [0.29, 0.717) is 11.8 Å². The maximum atomic E-state index is 12.2. The van der Waals surface area contributed by atoms with Gasteiger partial charge in [0.2, 0.25) is 5.91 Å². The predicted molar refractivity (Wildman–Crippen MR) is 110 cm³/mol. The number of hydrogen-bond acceptors (Lipinski definition) is 5. The Labute approximate surface area is 167 Å². The molecule has 7 nitrogen and oxygen atoms in total.